The number of likely N-dealkylation sites (tertiary alicyclic amines) is 1. The quantitative estimate of drug-likeness (QED) is 0.882. The molecular formula is C14H24N4O. The Kier molecular flexibility index (Phi) is 4.96. The third kappa shape index (κ3) is 4.06. The number of hydrogen-bond donors (Lipinski definition) is 1. The zero-order chi connectivity index (χ0) is 13.7. The van der Waals surface area contributed by atoms with E-state index in [1.54, 1.807) is 0 Å². The van der Waals surface area contributed by atoms with E-state index in [0.29, 0.717) is 24.5 Å². The maximum Gasteiger partial charge on any atom is 0.226 e. The number of nitrogens with one attached hydrogen (secondary N) is 1. The van der Waals surface area contributed by atoms with Crippen LogP contribution in [0.1, 0.15) is 32.4 Å². The molecule has 2 rings (SSSR count). The zero-order valence-electron chi connectivity index (χ0n) is 12.1. The van der Waals surface area contributed by atoms with E-state index in [9.17, 15) is 0 Å². The van der Waals surface area contributed by atoms with E-state index >= 15 is 0 Å². The predicted molar refractivity (Wildman–Crippen MR) is 76.7 cm³/mol. The summed E-state index contributed by atoms with van der Waals surface area (Å²) in [5.41, 5.74) is 0.937. The van der Waals surface area contributed by atoms with Crippen LogP contribution in [0.3, 0.4) is 0 Å². The monoisotopic (exact) mass is 264 g/mol. The molecule has 0 bridgehead atoms. The summed E-state index contributed by atoms with van der Waals surface area (Å²) in [6, 6.07) is 2.34. The van der Waals surface area contributed by atoms with Gasteiger partial charge in [-0.3, -0.25) is 0 Å². The molecule has 0 amide bonds. The highest BCUT2D eigenvalue weighted by Crippen LogP contribution is 2.17. The van der Waals surface area contributed by atoms with E-state index in [0.717, 1.165) is 38.2 Å². The van der Waals surface area contributed by atoms with Crippen LogP contribution in [0.5, 0.6) is 5.88 Å². The van der Waals surface area contributed by atoms with Gasteiger partial charge in [0.1, 0.15) is 0 Å². The second-order valence-electron chi connectivity index (χ2n) is 4.96. The topological polar surface area (TPSA) is 50.3 Å². The minimum absolute atomic E-state index is 0.471. The second-order valence-corrected chi connectivity index (χ2v) is 4.96. The third-order valence-electron chi connectivity index (χ3n) is 3.49. The minimum atomic E-state index is 0.471. The first-order valence-electron chi connectivity index (χ1n) is 7.18. The first-order valence-corrected chi connectivity index (χ1v) is 7.18. The van der Waals surface area contributed by atoms with E-state index in [-0.39, 0.29) is 0 Å². The summed E-state index contributed by atoms with van der Waals surface area (Å²) in [7, 11) is 0. The van der Waals surface area contributed by atoms with Crippen molar-refractivity contribution in [3.8, 4) is 5.88 Å². The van der Waals surface area contributed by atoms with Crippen molar-refractivity contribution in [1.82, 2.24) is 14.9 Å². The van der Waals surface area contributed by atoms with Gasteiger partial charge in [-0.05, 0) is 33.2 Å². The summed E-state index contributed by atoms with van der Waals surface area (Å²) in [5.74, 6) is 1.35. The highest BCUT2D eigenvalue weighted by Gasteiger charge is 2.18. The van der Waals surface area contributed by atoms with E-state index in [1.807, 2.05) is 19.9 Å². The molecule has 1 N–H and O–H groups in total. The van der Waals surface area contributed by atoms with Crippen LogP contribution in [0, 0.1) is 6.92 Å². The Hall–Kier alpha value is -1.36. The fourth-order valence-electron chi connectivity index (χ4n) is 2.40. The molecule has 19 heavy (non-hydrogen) atoms. The molecule has 1 aromatic heterocycles. The molecule has 0 atom stereocenters. The fourth-order valence-corrected chi connectivity index (χ4v) is 2.40. The lowest BCUT2D eigenvalue weighted by molar-refractivity contribution is 0.229. The van der Waals surface area contributed by atoms with Crippen LogP contribution < -0.4 is 10.1 Å². The summed E-state index contributed by atoms with van der Waals surface area (Å²) in [4.78, 5) is 11.3. The molecule has 1 fully saturated rings. The van der Waals surface area contributed by atoms with Gasteiger partial charge in [0.2, 0.25) is 11.8 Å². The number of piperidine rings is 1. The van der Waals surface area contributed by atoms with Gasteiger partial charge in [-0.1, -0.05) is 6.92 Å². The van der Waals surface area contributed by atoms with Gasteiger partial charge in [-0.2, -0.15) is 4.98 Å². The van der Waals surface area contributed by atoms with Crippen molar-refractivity contribution in [2.45, 2.75) is 39.7 Å². The first-order chi connectivity index (χ1) is 9.21. The van der Waals surface area contributed by atoms with Crippen molar-refractivity contribution in [3.05, 3.63) is 11.8 Å². The SMILES string of the molecule is CCOc1cc(C)nc(NC2CCN(CC)CC2)n1. The van der Waals surface area contributed by atoms with Crippen LogP contribution in [0.15, 0.2) is 6.07 Å². The molecule has 106 valence electrons. The molecule has 0 radical (unpaired) electrons. The van der Waals surface area contributed by atoms with Gasteiger partial charge in [0, 0.05) is 30.9 Å². The molecule has 5 nitrogen and oxygen atoms in total. The lowest BCUT2D eigenvalue weighted by atomic mass is 10.1. The smallest absolute Gasteiger partial charge is 0.226 e. The molecule has 0 saturated carbocycles. The molecule has 0 spiro atoms. The Morgan fingerprint density at radius 3 is 2.68 bits per heavy atom. The van der Waals surface area contributed by atoms with Crippen LogP contribution in [0.25, 0.3) is 0 Å². The van der Waals surface area contributed by atoms with Crippen molar-refractivity contribution >= 4 is 5.95 Å². The van der Waals surface area contributed by atoms with Gasteiger partial charge in [-0.15, -0.1) is 0 Å². The molecule has 5 heteroatoms. The van der Waals surface area contributed by atoms with Crippen molar-refractivity contribution in [2.24, 2.45) is 0 Å². The van der Waals surface area contributed by atoms with E-state index in [2.05, 4.69) is 27.1 Å². The van der Waals surface area contributed by atoms with Crippen LogP contribution in [-0.2, 0) is 0 Å². The Morgan fingerprint density at radius 2 is 2.05 bits per heavy atom. The Morgan fingerprint density at radius 1 is 1.32 bits per heavy atom. The maximum absolute atomic E-state index is 5.45. The third-order valence-corrected chi connectivity index (χ3v) is 3.49. The number of aromatic nitrogens is 2. The Bertz CT molecular complexity index is 402. The summed E-state index contributed by atoms with van der Waals surface area (Å²) >= 11 is 0. The van der Waals surface area contributed by atoms with Gasteiger partial charge in [0.05, 0.1) is 6.61 Å². The maximum atomic E-state index is 5.45. The molecule has 0 aliphatic carbocycles. The molecule has 1 saturated heterocycles. The number of anilines is 1. The average Bonchev–Trinajstić information content (AvgIpc) is 2.39. The van der Waals surface area contributed by atoms with Gasteiger partial charge in [-0.25, -0.2) is 4.98 Å². The van der Waals surface area contributed by atoms with Gasteiger partial charge >= 0.3 is 0 Å². The molecule has 1 aliphatic rings. The minimum Gasteiger partial charge on any atom is -0.478 e. The van der Waals surface area contributed by atoms with Crippen molar-refractivity contribution in [1.29, 1.82) is 0 Å². The lowest BCUT2D eigenvalue weighted by Crippen LogP contribution is -2.39. The number of hydrogen-bond acceptors (Lipinski definition) is 5. The summed E-state index contributed by atoms with van der Waals surface area (Å²) in [6.45, 7) is 10.2. The Labute approximate surface area is 115 Å². The molecule has 0 unspecified atom stereocenters. The molecular weight excluding hydrogens is 240 g/mol. The lowest BCUT2D eigenvalue weighted by Gasteiger charge is -2.31. The first kappa shape index (κ1) is 14.1. The van der Waals surface area contributed by atoms with E-state index < -0.39 is 0 Å². The van der Waals surface area contributed by atoms with Crippen LogP contribution >= 0.6 is 0 Å². The van der Waals surface area contributed by atoms with Crippen LogP contribution in [0.2, 0.25) is 0 Å². The standard InChI is InChI=1S/C14H24N4O/c1-4-18-8-6-12(7-9-18)16-14-15-11(3)10-13(17-14)19-5-2/h10,12H,4-9H2,1-3H3,(H,15,16,17). The van der Waals surface area contributed by atoms with Gasteiger partial charge in [0.25, 0.3) is 0 Å². The van der Waals surface area contributed by atoms with Crippen LogP contribution in [0.4, 0.5) is 5.95 Å². The number of nitrogens with zero attached hydrogens (tertiary/aromatic N) is 3. The predicted octanol–water partition coefficient (Wildman–Crippen LogP) is 2.08. The second kappa shape index (κ2) is 6.70. The largest absolute Gasteiger partial charge is 0.478 e. The molecule has 1 aliphatic heterocycles. The van der Waals surface area contributed by atoms with Crippen LogP contribution in [-0.4, -0.2) is 47.2 Å². The summed E-state index contributed by atoms with van der Waals surface area (Å²) < 4.78 is 5.45. The zero-order valence-corrected chi connectivity index (χ0v) is 12.1. The number of aryl methyl sites for hydroxylation is 1. The van der Waals surface area contributed by atoms with Crippen molar-refractivity contribution in [3.63, 3.8) is 0 Å². The normalized spacial score (nSPS) is 17.4. The fraction of sp³-hybridized carbons (Fsp3) is 0.714. The van der Waals surface area contributed by atoms with Crippen molar-refractivity contribution in [2.75, 3.05) is 31.6 Å². The molecule has 2 heterocycles. The number of rotatable bonds is 5. The summed E-state index contributed by atoms with van der Waals surface area (Å²) in [6.07, 6.45) is 2.30. The van der Waals surface area contributed by atoms with Crippen molar-refractivity contribution < 1.29 is 4.74 Å². The highest BCUT2D eigenvalue weighted by atomic mass is 16.5. The number of ether oxygens (including phenoxy) is 1. The van der Waals surface area contributed by atoms with E-state index in [1.165, 1.54) is 0 Å². The average molecular weight is 264 g/mol. The Balaban J connectivity index is 1.95. The molecule has 1 aromatic rings. The highest BCUT2D eigenvalue weighted by molar-refractivity contribution is 5.31. The molecule has 0 aromatic carbocycles. The van der Waals surface area contributed by atoms with Gasteiger partial charge < -0.3 is 15.0 Å². The summed E-state index contributed by atoms with van der Waals surface area (Å²) in [5, 5.41) is 3.44. The van der Waals surface area contributed by atoms with E-state index in [4.69, 9.17) is 4.74 Å². The van der Waals surface area contributed by atoms with Gasteiger partial charge in [0.15, 0.2) is 0 Å².